The van der Waals surface area contributed by atoms with Gasteiger partial charge in [0.25, 0.3) is 0 Å². The summed E-state index contributed by atoms with van der Waals surface area (Å²) >= 11 is 0. The third-order valence-corrected chi connectivity index (χ3v) is 3.77. The average Bonchev–Trinajstić information content (AvgIpc) is 2.92. The summed E-state index contributed by atoms with van der Waals surface area (Å²) in [6.45, 7) is 3.62. The number of hydrogen-bond acceptors (Lipinski definition) is 2. The molecule has 82 valence electrons. The van der Waals surface area contributed by atoms with Crippen molar-refractivity contribution in [3.63, 3.8) is 0 Å². The molecule has 2 unspecified atom stereocenters. The Morgan fingerprint density at radius 2 is 2.00 bits per heavy atom. The van der Waals surface area contributed by atoms with Gasteiger partial charge in [0.15, 0.2) is 0 Å². The molecule has 1 N–H and O–H groups in total. The van der Waals surface area contributed by atoms with Gasteiger partial charge in [-0.25, -0.2) is 0 Å². The van der Waals surface area contributed by atoms with Crippen molar-refractivity contribution < 1.29 is 0 Å². The molecule has 0 aromatic rings. The Morgan fingerprint density at radius 1 is 1.21 bits per heavy atom. The van der Waals surface area contributed by atoms with Gasteiger partial charge in [-0.3, -0.25) is 4.90 Å². The molecule has 2 fully saturated rings. The first-order valence-corrected chi connectivity index (χ1v) is 6.29. The molecule has 0 aliphatic heterocycles. The van der Waals surface area contributed by atoms with Crippen LogP contribution in [0.5, 0.6) is 0 Å². The zero-order chi connectivity index (χ0) is 9.97. The third-order valence-electron chi connectivity index (χ3n) is 3.77. The molecule has 0 amide bonds. The molecular formula is C12H24N2. The Hall–Kier alpha value is -0.0800. The van der Waals surface area contributed by atoms with Gasteiger partial charge in [0, 0.05) is 18.1 Å². The second-order valence-electron chi connectivity index (χ2n) is 4.86. The van der Waals surface area contributed by atoms with Crippen LogP contribution in [0.25, 0.3) is 0 Å². The highest BCUT2D eigenvalue weighted by atomic mass is 15.2. The van der Waals surface area contributed by atoms with E-state index in [0.29, 0.717) is 0 Å². The minimum absolute atomic E-state index is 0.766. The molecule has 2 saturated carbocycles. The van der Waals surface area contributed by atoms with Crippen molar-refractivity contribution >= 4 is 0 Å². The topological polar surface area (TPSA) is 15.3 Å². The predicted molar refractivity (Wildman–Crippen MR) is 60.5 cm³/mol. The van der Waals surface area contributed by atoms with Crippen LogP contribution in [0, 0.1) is 0 Å². The molecule has 2 aliphatic rings. The maximum absolute atomic E-state index is 3.49. The van der Waals surface area contributed by atoms with Crippen LogP contribution in [0.2, 0.25) is 0 Å². The van der Waals surface area contributed by atoms with E-state index < -0.39 is 0 Å². The van der Waals surface area contributed by atoms with Gasteiger partial charge >= 0.3 is 0 Å². The summed E-state index contributed by atoms with van der Waals surface area (Å²) in [5.41, 5.74) is 0. The minimum atomic E-state index is 0.766. The van der Waals surface area contributed by atoms with Crippen molar-refractivity contribution in [2.75, 3.05) is 13.6 Å². The summed E-state index contributed by atoms with van der Waals surface area (Å²) in [7, 11) is 2.13. The highest BCUT2D eigenvalue weighted by Crippen LogP contribution is 2.34. The van der Waals surface area contributed by atoms with Crippen LogP contribution >= 0.6 is 0 Å². The van der Waals surface area contributed by atoms with Crippen LogP contribution < -0.4 is 5.32 Å². The minimum Gasteiger partial charge on any atom is -0.315 e. The van der Waals surface area contributed by atoms with Crippen LogP contribution in [0.1, 0.15) is 45.4 Å². The predicted octanol–water partition coefficient (Wildman–Crippen LogP) is 2.00. The third kappa shape index (κ3) is 2.12. The summed E-state index contributed by atoms with van der Waals surface area (Å²) in [6, 6.07) is 2.54. The monoisotopic (exact) mass is 196 g/mol. The van der Waals surface area contributed by atoms with Gasteiger partial charge in [0.1, 0.15) is 0 Å². The van der Waals surface area contributed by atoms with E-state index in [1.807, 2.05) is 0 Å². The van der Waals surface area contributed by atoms with Crippen molar-refractivity contribution in [3.8, 4) is 0 Å². The lowest BCUT2D eigenvalue weighted by Gasteiger charge is -2.32. The molecular weight excluding hydrogens is 172 g/mol. The molecule has 2 nitrogen and oxygen atoms in total. The summed E-state index contributed by atoms with van der Waals surface area (Å²) in [5, 5.41) is 3.49. The summed E-state index contributed by atoms with van der Waals surface area (Å²) in [6.07, 6.45) is 8.43. The number of nitrogens with one attached hydrogen (secondary N) is 1. The quantitative estimate of drug-likeness (QED) is 0.723. The van der Waals surface area contributed by atoms with Crippen molar-refractivity contribution in [1.29, 1.82) is 0 Å². The highest BCUT2D eigenvalue weighted by molar-refractivity contribution is 4.96. The standard InChI is InChI=1S/C12H24N2/c1-3-9-14(10-7-8-10)12-6-4-5-11(12)13-2/h10-13H,3-9H2,1-2H3. The van der Waals surface area contributed by atoms with E-state index in [-0.39, 0.29) is 0 Å². The first-order valence-electron chi connectivity index (χ1n) is 6.29. The number of rotatable bonds is 5. The Balaban J connectivity index is 1.94. The molecule has 0 heterocycles. The maximum Gasteiger partial charge on any atom is 0.0252 e. The largest absolute Gasteiger partial charge is 0.315 e. The Kier molecular flexibility index (Phi) is 3.45. The Morgan fingerprint density at radius 3 is 2.57 bits per heavy atom. The van der Waals surface area contributed by atoms with E-state index in [4.69, 9.17) is 0 Å². The van der Waals surface area contributed by atoms with Gasteiger partial charge in [0.2, 0.25) is 0 Å². The lowest BCUT2D eigenvalue weighted by molar-refractivity contribution is 0.166. The van der Waals surface area contributed by atoms with E-state index in [1.54, 1.807) is 0 Å². The van der Waals surface area contributed by atoms with E-state index in [0.717, 1.165) is 18.1 Å². The second kappa shape index (κ2) is 4.63. The van der Waals surface area contributed by atoms with Crippen molar-refractivity contribution in [3.05, 3.63) is 0 Å². The van der Waals surface area contributed by atoms with E-state index in [9.17, 15) is 0 Å². The van der Waals surface area contributed by atoms with E-state index in [1.165, 1.54) is 45.1 Å². The highest BCUT2D eigenvalue weighted by Gasteiger charge is 2.38. The summed E-state index contributed by atoms with van der Waals surface area (Å²) in [5.74, 6) is 0. The Labute approximate surface area is 88.1 Å². The number of likely N-dealkylation sites (N-methyl/N-ethyl adjacent to an activating group) is 1. The molecule has 2 heteroatoms. The summed E-state index contributed by atoms with van der Waals surface area (Å²) in [4.78, 5) is 2.79. The molecule has 2 atom stereocenters. The van der Waals surface area contributed by atoms with Crippen LogP contribution in [-0.2, 0) is 0 Å². The van der Waals surface area contributed by atoms with Crippen LogP contribution in [0.3, 0.4) is 0 Å². The van der Waals surface area contributed by atoms with Crippen LogP contribution in [0.4, 0.5) is 0 Å². The first kappa shape index (κ1) is 10.4. The summed E-state index contributed by atoms with van der Waals surface area (Å²) < 4.78 is 0. The SMILES string of the molecule is CCCN(C1CC1)C1CCCC1NC. The Bertz CT molecular complexity index is 177. The van der Waals surface area contributed by atoms with Gasteiger partial charge in [0.05, 0.1) is 0 Å². The first-order chi connectivity index (χ1) is 6.86. The van der Waals surface area contributed by atoms with Gasteiger partial charge in [-0.1, -0.05) is 13.3 Å². The fourth-order valence-corrected chi connectivity index (χ4v) is 2.96. The molecule has 14 heavy (non-hydrogen) atoms. The smallest absolute Gasteiger partial charge is 0.0252 e. The molecule has 2 rings (SSSR count). The molecule has 0 aromatic heterocycles. The number of nitrogens with zero attached hydrogens (tertiary/aromatic N) is 1. The van der Waals surface area contributed by atoms with Crippen molar-refractivity contribution in [2.24, 2.45) is 0 Å². The lowest BCUT2D eigenvalue weighted by Crippen LogP contribution is -2.47. The average molecular weight is 196 g/mol. The molecule has 0 bridgehead atoms. The van der Waals surface area contributed by atoms with Crippen molar-refractivity contribution in [2.45, 2.75) is 63.6 Å². The van der Waals surface area contributed by atoms with Gasteiger partial charge in [-0.15, -0.1) is 0 Å². The molecule has 0 saturated heterocycles. The maximum atomic E-state index is 3.49. The zero-order valence-corrected chi connectivity index (χ0v) is 9.63. The van der Waals surface area contributed by atoms with Gasteiger partial charge < -0.3 is 5.32 Å². The van der Waals surface area contributed by atoms with Gasteiger partial charge in [-0.2, -0.15) is 0 Å². The zero-order valence-electron chi connectivity index (χ0n) is 9.63. The number of hydrogen-bond donors (Lipinski definition) is 1. The molecule has 0 radical (unpaired) electrons. The van der Waals surface area contributed by atoms with E-state index in [2.05, 4.69) is 24.2 Å². The lowest BCUT2D eigenvalue weighted by atomic mass is 10.1. The van der Waals surface area contributed by atoms with Crippen molar-refractivity contribution in [1.82, 2.24) is 10.2 Å². The van der Waals surface area contributed by atoms with Crippen LogP contribution in [0.15, 0.2) is 0 Å². The molecule has 2 aliphatic carbocycles. The normalized spacial score (nSPS) is 32.8. The fourth-order valence-electron chi connectivity index (χ4n) is 2.96. The fraction of sp³-hybridized carbons (Fsp3) is 1.00. The molecule has 0 aromatic carbocycles. The van der Waals surface area contributed by atoms with Gasteiger partial charge in [-0.05, 0) is 45.7 Å². The van der Waals surface area contributed by atoms with Crippen LogP contribution in [-0.4, -0.2) is 36.6 Å². The molecule has 0 spiro atoms. The second-order valence-corrected chi connectivity index (χ2v) is 4.86. The van der Waals surface area contributed by atoms with E-state index >= 15 is 0 Å².